The predicted octanol–water partition coefficient (Wildman–Crippen LogP) is 0.469. The smallest absolute Gasteiger partial charge is 0.419 e. The number of rotatable bonds is 3. The fourth-order valence-corrected chi connectivity index (χ4v) is 1.37. The second-order valence-corrected chi connectivity index (χ2v) is 3.19. The van der Waals surface area contributed by atoms with Crippen molar-refractivity contribution in [2.45, 2.75) is 0 Å². The number of hydrogen-bond donors (Lipinski definition) is 1. The van der Waals surface area contributed by atoms with E-state index in [1.807, 2.05) is 0 Å². The highest BCUT2D eigenvalue weighted by atomic mass is 16.5. The maximum Gasteiger partial charge on any atom is 0.419 e. The number of fused-ring (bicyclic) bond motifs is 1. The Morgan fingerprint density at radius 3 is 3.07 bits per heavy atom. The van der Waals surface area contributed by atoms with Gasteiger partial charge >= 0.3 is 5.76 Å². The number of aromatic nitrogens is 1. The van der Waals surface area contributed by atoms with Crippen LogP contribution in [0.1, 0.15) is 0 Å². The Morgan fingerprint density at radius 1 is 1.53 bits per heavy atom. The molecule has 0 aliphatic heterocycles. The molecule has 2 aromatic rings. The van der Waals surface area contributed by atoms with Crippen LogP contribution < -0.4 is 16.2 Å². The number of oxazole rings is 1. The van der Waals surface area contributed by atoms with Crippen LogP contribution in [0.15, 0.2) is 27.4 Å². The molecule has 0 unspecified atom stereocenters. The predicted molar refractivity (Wildman–Crippen MR) is 56.0 cm³/mol. The summed E-state index contributed by atoms with van der Waals surface area (Å²) < 4.78 is 11.8. The summed E-state index contributed by atoms with van der Waals surface area (Å²) in [5, 5.41) is 0. The minimum absolute atomic E-state index is 0.374. The maximum atomic E-state index is 11.2. The molecule has 1 heterocycles. The highest BCUT2D eigenvalue weighted by Crippen LogP contribution is 2.19. The van der Waals surface area contributed by atoms with Crippen molar-refractivity contribution >= 4 is 11.1 Å². The molecule has 0 fully saturated rings. The van der Waals surface area contributed by atoms with Crippen LogP contribution in [0.25, 0.3) is 11.1 Å². The molecule has 0 atom stereocenters. The van der Waals surface area contributed by atoms with Gasteiger partial charge in [0.05, 0.1) is 5.52 Å². The minimum Gasteiger partial charge on any atom is -0.492 e. The van der Waals surface area contributed by atoms with Gasteiger partial charge in [-0.15, -0.1) is 0 Å². The third-order valence-corrected chi connectivity index (χ3v) is 2.15. The molecule has 2 rings (SSSR count). The van der Waals surface area contributed by atoms with E-state index in [9.17, 15) is 4.79 Å². The number of benzene rings is 1. The first kappa shape index (κ1) is 9.79. The van der Waals surface area contributed by atoms with Gasteiger partial charge in [0, 0.05) is 19.7 Å². The zero-order chi connectivity index (χ0) is 10.8. The standard InChI is InChI=1S/C10H12N2O3/c1-12-8-6-7(14-5-4-11)2-3-9(8)15-10(12)13/h2-3,6H,4-5,11H2,1H3. The molecule has 2 N–H and O–H groups in total. The SMILES string of the molecule is Cn1c(=O)oc2ccc(OCCN)cc21. The summed E-state index contributed by atoms with van der Waals surface area (Å²) in [6.45, 7) is 0.916. The Labute approximate surface area is 86.0 Å². The Hall–Kier alpha value is -1.75. The average molecular weight is 208 g/mol. The number of ether oxygens (including phenoxy) is 1. The molecule has 0 aliphatic carbocycles. The molecule has 0 radical (unpaired) electrons. The molecule has 0 saturated heterocycles. The average Bonchev–Trinajstić information content (AvgIpc) is 2.52. The molecule has 1 aromatic heterocycles. The molecule has 5 nitrogen and oxygen atoms in total. The fraction of sp³-hybridized carbons (Fsp3) is 0.300. The first-order chi connectivity index (χ1) is 7.22. The van der Waals surface area contributed by atoms with Crippen molar-refractivity contribution in [1.82, 2.24) is 4.57 Å². The van der Waals surface area contributed by atoms with E-state index in [-0.39, 0.29) is 5.76 Å². The van der Waals surface area contributed by atoms with E-state index in [0.717, 1.165) is 5.52 Å². The zero-order valence-electron chi connectivity index (χ0n) is 8.40. The second kappa shape index (κ2) is 3.78. The van der Waals surface area contributed by atoms with Crippen LogP contribution in [0.2, 0.25) is 0 Å². The van der Waals surface area contributed by atoms with Gasteiger partial charge in [-0.25, -0.2) is 4.79 Å². The molecule has 0 bridgehead atoms. The number of aryl methyl sites for hydroxylation is 1. The lowest BCUT2D eigenvalue weighted by Gasteiger charge is -2.03. The summed E-state index contributed by atoms with van der Waals surface area (Å²) in [7, 11) is 1.65. The van der Waals surface area contributed by atoms with Crippen LogP contribution in [-0.4, -0.2) is 17.7 Å². The molecule has 80 valence electrons. The minimum atomic E-state index is -0.374. The van der Waals surface area contributed by atoms with Gasteiger partial charge < -0.3 is 14.9 Å². The molecule has 0 amide bonds. The van der Waals surface area contributed by atoms with E-state index in [2.05, 4.69) is 0 Å². The summed E-state index contributed by atoms with van der Waals surface area (Å²) >= 11 is 0. The molecule has 0 spiro atoms. The fourth-order valence-electron chi connectivity index (χ4n) is 1.37. The topological polar surface area (TPSA) is 70.4 Å². The van der Waals surface area contributed by atoms with Crippen LogP contribution in [0, 0.1) is 0 Å². The van der Waals surface area contributed by atoms with Gasteiger partial charge in [-0.1, -0.05) is 0 Å². The van der Waals surface area contributed by atoms with E-state index < -0.39 is 0 Å². The Morgan fingerprint density at radius 2 is 2.33 bits per heavy atom. The van der Waals surface area contributed by atoms with Crippen LogP contribution >= 0.6 is 0 Å². The summed E-state index contributed by atoms with van der Waals surface area (Å²) in [5.74, 6) is 0.310. The van der Waals surface area contributed by atoms with Crippen LogP contribution in [0.4, 0.5) is 0 Å². The van der Waals surface area contributed by atoms with Crippen LogP contribution in [0.5, 0.6) is 5.75 Å². The van der Waals surface area contributed by atoms with E-state index in [1.165, 1.54) is 4.57 Å². The quantitative estimate of drug-likeness (QED) is 0.795. The molecule has 5 heteroatoms. The summed E-state index contributed by atoms with van der Waals surface area (Å²) in [6.07, 6.45) is 0. The van der Waals surface area contributed by atoms with Gasteiger partial charge in [0.1, 0.15) is 12.4 Å². The molecular weight excluding hydrogens is 196 g/mol. The molecular formula is C10H12N2O3. The van der Waals surface area contributed by atoms with E-state index in [1.54, 1.807) is 25.2 Å². The number of hydrogen-bond acceptors (Lipinski definition) is 4. The summed E-state index contributed by atoms with van der Waals surface area (Å²) in [5.41, 5.74) is 6.60. The zero-order valence-corrected chi connectivity index (χ0v) is 8.40. The summed E-state index contributed by atoms with van der Waals surface area (Å²) in [4.78, 5) is 11.2. The number of nitrogens with zero attached hydrogens (tertiary/aromatic N) is 1. The highest BCUT2D eigenvalue weighted by Gasteiger charge is 2.06. The van der Waals surface area contributed by atoms with Crippen molar-refractivity contribution in [3.8, 4) is 5.75 Å². The normalized spacial score (nSPS) is 10.8. The van der Waals surface area contributed by atoms with E-state index >= 15 is 0 Å². The van der Waals surface area contributed by atoms with E-state index in [4.69, 9.17) is 14.9 Å². The second-order valence-electron chi connectivity index (χ2n) is 3.19. The maximum absolute atomic E-state index is 11.2. The number of nitrogens with two attached hydrogens (primary N) is 1. The van der Waals surface area contributed by atoms with Gasteiger partial charge in [0.2, 0.25) is 0 Å². The van der Waals surface area contributed by atoms with Crippen molar-refractivity contribution in [2.24, 2.45) is 12.8 Å². The molecule has 0 aliphatic rings. The first-order valence-corrected chi connectivity index (χ1v) is 4.65. The van der Waals surface area contributed by atoms with Crippen molar-refractivity contribution in [3.05, 3.63) is 28.7 Å². The Bertz CT molecular complexity index is 527. The van der Waals surface area contributed by atoms with Crippen molar-refractivity contribution in [3.63, 3.8) is 0 Å². The molecule has 0 saturated carbocycles. The van der Waals surface area contributed by atoms with Crippen molar-refractivity contribution < 1.29 is 9.15 Å². The lowest BCUT2D eigenvalue weighted by atomic mass is 10.3. The highest BCUT2D eigenvalue weighted by molar-refractivity contribution is 5.74. The van der Waals surface area contributed by atoms with Gasteiger partial charge in [-0.3, -0.25) is 4.57 Å². The van der Waals surface area contributed by atoms with Crippen LogP contribution in [-0.2, 0) is 7.05 Å². The van der Waals surface area contributed by atoms with Gasteiger partial charge in [-0.2, -0.15) is 0 Å². The Balaban J connectivity index is 2.45. The lowest BCUT2D eigenvalue weighted by molar-refractivity contribution is 0.328. The first-order valence-electron chi connectivity index (χ1n) is 4.65. The Kier molecular flexibility index (Phi) is 2.47. The van der Waals surface area contributed by atoms with Gasteiger partial charge in [-0.05, 0) is 12.1 Å². The lowest BCUT2D eigenvalue weighted by Crippen LogP contribution is -2.11. The van der Waals surface area contributed by atoms with Crippen molar-refractivity contribution in [1.29, 1.82) is 0 Å². The van der Waals surface area contributed by atoms with E-state index in [0.29, 0.717) is 24.5 Å². The third-order valence-electron chi connectivity index (χ3n) is 2.15. The largest absolute Gasteiger partial charge is 0.492 e. The summed E-state index contributed by atoms with van der Waals surface area (Å²) in [6, 6.07) is 5.22. The van der Waals surface area contributed by atoms with Gasteiger partial charge in [0.15, 0.2) is 5.58 Å². The molecule has 1 aromatic carbocycles. The third kappa shape index (κ3) is 1.73. The van der Waals surface area contributed by atoms with Gasteiger partial charge in [0.25, 0.3) is 0 Å². The van der Waals surface area contributed by atoms with Crippen LogP contribution in [0.3, 0.4) is 0 Å². The molecule has 15 heavy (non-hydrogen) atoms. The monoisotopic (exact) mass is 208 g/mol. The van der Waals surface area contributed by atoms with Crippen molar-refractivity contribution in [2.75, 3.05) is 13.2 Å².